The minimum atomic E-state index is -2.92. The molecule has 1 aromatic rings. The number of aliphatic hydroxyl groups is 1. The number of rotatable bonds is 1. The molecule has 7 heteroatoms. The molecule has 2 unspecified atom stereocenters. The van der Waals surface area contributed by atoms with Crippen molar-refractivity contribution in [3.8, 4) is 0 Å². The molecule has 0 bridgehead atoms. The first-order valence-corrected chi connectivity index (χ1v) is 8.29. The van der Waals surface area contributed by atoms with E-state index in [-0.39, 0.29) is 23.5 Å². The molecule has 1 fully saturated rings. The van der Waals surface area contributed by atoms with Gasteiger partial charge in [-0.1, -0.05) is 11.6 Å². The maximum absolute atomic E-state index is 11.5. The molecule has 1 aromatic heterocycles. The zero-order valence-electron chi connectivity index (χ0n) is 9.84. The van der Waals surface area contributed by atoms with Crippen LogP contribution in [0.15, 0.2) is 0 Å². The minimum Gasteiger partial charge on any atom is -0.393 e. The summed E-state index contributed by atoms with van der Waals surface area (Å²) in [6.45, 7) is 0.669. The van der Waals surface area contributed by atoms with Gasteiger partial charge in [0.1, 0.15) is 5.82 Å². The van der Waals surface area contributed by atoms with Crippen LogP contribution in [0.25, 0.3) is 0 Å². The quantitative estimate of drug-likeness (QED) is 0.828. The van der Waals surface area contributed by atoms with Crippen LogP contribution in [0.2, 0.25) is 5.15 Å². The van der Waals surface area contributed by atoms with E-state index in [1.807, 2.05) is 4.57 Å². The van der Waals surface area contributed by atoms with Crippen LogP contribution in [-0.4, -0.2) is 40.7 Å². The Balaban J connectivity index is 1.97. The van der Waals surface area contributed by atoms with Crippen LogP contribution in [0.4, 0.5) is 0 Å². The first kappa shape index (κ1) is 12.4. The monoisotopic (exact) mass is 290 g/mol. The Morgan fingerprint density at radius 2 is 2.17 bits per heavy atom. The molecule has 0 saturated carbocycles. The topological polar surface area (TPSA) is 72.2 Å². The third kappa shape index (κ3) is 2.06. The maximum atomic E-state index is 11.5. The minimum absolute atomic E-state index is 0.0449. The van der Waals surface area contributed by atoms with E-state index >= 15 is 0 Å². The van der Waals surface area contributed by atoms with E-state index in [1.54, 1.807) is 0 Å². The second-order valence-corrected chi connectivity index (χ2v) is 7.69. The number of fused-ring (bicyclic) bond motifs is 1. The van der Waals surface area contributed by atoms with Crippen LogP contribution in [0.3, 0.4) is 0 Å². The van der Waals surface area contributed by atoms with E-state index in [0.29, 0.717) is 31.0 Å². The van der Waals surface area contributed by atoms with Gasteiger partial charge in [-0.15, -0.1) is 0 Å². The van der Waals surface area contributed by atoms with Crippen LogP contribution in [0.5, 0.6) is 0 Å². The summed E-state index contributed by atoms with van der Waals surface area (Å²) in [4.78, 5) is 4.33. The Hall–Kier alpha value is -0.590. The van der Waals surface area contributed by atoms with Crippen LogP contribution in [0, 0.1) is 0 Å². The lowest BCUT2D eigenvalue weighted by Gasteiger charge is -2.22. The highest BCUT2D eigenvalue weighted by Gasteiger charge is 2.34. The normalized spacial score (nSPS) is 30.3. The van der Waals surface area contributed by atoms with Crippen molar-refractivity contribution < 1.29 is 13.5 Å². The summed E-state index contributed by atoms with van der Waals surface area (Å²) in [5, 5.41) is 10.1. The van der Waals surface area contributed by atoms with Crippen molar-refractivity contribution in [2.24, 2.45) is 0 Å². The van der Waals surface area contributed by atoms with Gasteiger partial charge in [0.15, 0.2) is 15.0 Å². The molecule has 2 aliphatic heterocycles. The van der Waals surface area contributed by atoms with Gasteiger partial charge in [-0.2, -0.15) is 0 Å². The Morgan fingerprint density at radius 3 is 2.83 bits per heavy atom. The number of imidazole rings is 1. The Bertz CT molecular complexity index is 581. The van der Waals surface area contributed by atoms with E-state index in [4.69, 9.17) is 11.6 Å². The Kier molecular flexibility index (Phi) is 2.91. The number of aliphatic hydroxyl groups excluding tert-OH is 1. The predicted molar refractivity (Wildman–Crippen MR) is 67.6 cm³/mol. The second kappa shape index (κ2) is 4.21. The summed E-state index contributed by atoms with van der Waals surface area (Å²) >= 11 is 6.09. The largest absolute Gasteiger partial charge is 0.393 e. The summed E-state index contributed by atoms with van der Waals surface area (Å²) < 4.78 is 25.1. The van der Waals surface area contributed by atoms with Crippen LogP contribution >= 0.6 is 11.6 Å². The molecule has 0 aliphatic carbocycles. The number of halogens is 1. The van der Waals surface area contributed by atoms with Gasteiger partial charge in [-0.3, -0.25) is 0 Å². The van der Waals surface area contributed by atoms with E-state index in [0.717, 1.165) is 11.5 Å². The molecule has 0 spiro atoms. The van der Waals surface area contributed by atoms with Gasteiger partial charge < -0.3 is 9.67 Å². The van der Waals surface area contributed by atoms with Gasteiger partial charge in [0.25, 0.3) is 0 Å². The molecule has 2 atom stereocenters. The van der Waals surface area contributed by atoms with Crippen LogP contribution in [-0.2, 0) is 22.8 Å². The average Bonchev–Trinajstić information content (AvgIpc) is 2.80. The maximum Gasteiger partial charge on any atom is 0.151 e. The lowest BCUT2D eigenvalue weighted by Crippen LogP contribution is -2.25. The highest BCUT2D eigenvalue weighted by atomic mass is 35.5. The molecule has 0 radical (unpaired) electrons. The molecule has 5 nitrogen and oxygen atoms in total. The zero-order chi connectivity index (χ0) is 12.9. The summed E-state index contributed by atoms with van der Waals surface area (Å²) in [6.07, 6.45) is 1.43. The fourth-order valence-corrected chi connectivity index (χ4v) is 4.84. The summed E-state index contributed by atoms with van der Waals surface area (Å²) in [6, 6.07) is 0. The molecule has 100 valence electrons. The standard InChI is InChI=1S/C11H15ClN2O3S/c12-10-9-5-8(15)1-3-14(9)11(13-10)7-2-4-18(16,17)6-7/h7-8,15H,1-6H2. The van der Waals surface area contributed by atoms with Crippen molar-refractivity contribution >= 4 is 21.4 Å². The fraction of sp³-hybridized carbons (Fsp3) is 0.727. The average molecular weight is 291 g/mol. The molecule has 1 saturated heterocycles. The van der Waals surface area contributed by atoms with Crippen molar-refractivity contribution in [2.45, 2.75) is 37.8 Å². The van der Waals surface area contributed by atoms with Crippen LogP contribution in [0.1, 0.15) is 30.3 Å². The molecule has 3 rings (SSSR count). The van der Waals surface area contributed by atoms with Crippen molar-refractivity contribution in [1.29, 1.82) is 0 Å². The van der Waals surface area contributed by atoms with Gasteiger partial charge in [-0.05, 0) is 12.8 Å². The SMILES string of the molecule is O=S1(=O)CCC(c2nc(Cl)c3n2CCC(O)C3)C1. The lowest BCUT2D eigenvalue weighted by molar-refractivity contribution is 0.142. The highest BCUT2D eigenvalue weighted by Crippen LogP contribution is 2.33. The van der Waals surface area contributed by atoms with Gasteiger partial charge in [0, 0.05) is 18.9 Å². The lowest BCUT2D eigenvalue weighted by atomic mass is 10.1. The Morgan fingerprint density at radius 1 is 1.39 bits per heavy atom. The second-order valence-electron chi connectivity index (χ2n) is 5.11. The first-order valence-electron chi connectivity index (χ1n) is 6.09. The molecule has 3 heterocycles. The zero-order valence-corrected chi connectivity index (χ0v) is 11.4. The highest BCUT2D eigenvalue weighted by molar-refractivity contribution is 7.91. The Labute approximate surface area is 111 Å². The molecule has 2 aliphatic rings. The number of sulfone groups is 1. The summed E-state index contributed by atoms with van der Waals surface area (Å²) in [5.41, 5.74) is 0.842. The van der Waals surface area contributed by atoms with E-state index in [1.165, 1.54) is 0 Å². The predicted octanol–water partition coefficient (Wildman–Crippen LogP) is 0.746. The van der Waals surface area contributed by atoms with Gasteiger partial charge >= 0.3 is 0 Å². The van der Waals surface area contributed by atoms with E-state index < -0.39 is 9.84 Å². The van der Waals surface area contributed by atoms with Crippen LogP contribution < -0.4 is 0 Å². The van der Waals surface area contributed by atoms with Gasteiger partial charge in [0.05, 0.1) is 23.3 Å². The first-order chi connectivity index (χ1) is 8.46. The molecule has 18 heavy (non-hydrogen) atoms. The summed E-state index contributed by atoms with van der Waals surface area (Å²) in [7, 11) is -2.92. The van der Waals surface area contributed by atoms with Gasteiger partial charge in [0.2, 0.25) is 0 Å². The number of hydrogen-bond donors (Lipinski definition) is 1. The molecular weight excluding hydrogens is 276 g/mol. The molecule has 0 amide bonds. The van der Waals surface area contributed by atoms with Crippen molar-refractivity contribution in [3.63, 3.8) is 0 Å². The number of nitrogens with zero attached hydrogens (tertiary/aromatic N) is 2. The number of hydrogen-bond acceptors (Lipinski definition) is 4. The fourth-order valence-electron chi connectivity index (χ4n) is 2.83. The van der Waals surface area contributed by atoms with Crippen molar-refractivity contribution in [2.75, 3.05) is 11.5 Å². The third-order valence-corrected chi connectivity index (χ3v) is 5.84. The number of aromatic nitrogens is 2. The smallest absolute Gasteiger partial charge is 0.151 e. The molecule has 1 N–H and O–H groups in total. The summed E-state index contributed by atoms with van der Waals surface area (Å²) in [5.74, 6) is 1.14. The van der Waals surface area contributed by atoms with E-state index in [2.05, 4.69) is 4.98 Å². The molecular formula is C11H15ClN2O3S. The van der Waals surface area contributed by atoms with Crippen molar-refractivity contribution in [1.82, 2.24) is 9.55 Å². The van der Waals surface area contributed by atoms with Crippen molar-refractivity contribution in [3.05, 3.63) is 16.7 Å². The van der Waals surface area contributed by atoms with Gasteiger partial charge in [-0.25, -0.2) is 13.4 Å². The third-order valence-electron chi connectivity index (χ3n) is 3.77. The molecule has 0 aromatic carbocycles. The van der Waals surface area contributed by atoms with E-state index in [9.17, 15) is 13.5 Å².